The lowest BCUT2D eigenvalue weighted by molar-refractivity contribution is -0.122. The van der Waals surface area contributed by atoms with Crippen molar-refractivity contribution >= 4 is 28.1 Å². The van der Waals surface area contributed by atoms with Gasteiger partial charge in [-0.2, -0.15) is 5.10 Å². The molecule has 0 unspecified atom stereocenters. The van der Waals surface area contributed by atoms with Crippen LogP contribution in [0.3, 0.4) is 0 Å². The predicted molar refractivity (Wildman–Crippen MR) is 106 cm³/mol. The van der Waals surface area contributed by atoms with Crippen LogP contribution in [0.2, 0.25) is 0 Å². The summed E-state index contributed by atoms with van der Waals surface area (Å²) >= 11 is 3.42. The van der Waals surface area contributed by atoms with E-state index in [1.54, 1.807) is 6.21 Å². The van der Waals surface area contributed by atoms with Crippen LogP contribution in [0.4, 0.5) is 0 Å². The predicted octanol–water partition coefficient (Wildman–Crippen LogP) is 5.00. The highest BCUT2D eigenvalue weighted by atomic mass is 79.9. The number of carbonyl (C=O) groups is 1. The van der Waals surface area contributed by atoms with E-state index in [0.29, 0.717) is 5.92 Å². The van der Waals surface area contributed by atoms with Crippen LogP contribution in [0.25, 0.3) is 0 Å². The molecule has 0 aromatic heterocycles. The van der Waals surface area contributed by atoms with Crippen molar-refractivity contribution in [1.82, 2.24) is 5.43 Å². The van der Waals surface area contributed by atoms with Crippen LogP contribution in [-0.4, -0.2) is 12.1 Å². The van der Waals surface area contributed by atoms with Crippen LogP contribution in [0, 0.1) is 5.92 Å². The third-order valence-electron chi connectivity index (χ3n) is 4.57. The average molecular weight is 399 g/mol. The molecule has 0 saturated heterocycles. The van der Waals surface area contributed by atoms with Crippen molar-refractivity contribution in [1.29, 1.82) is 0 Å². The smallest absolute Gasteiger partial charge is 0.243 e. The van der Waals surface area contributed by atoms with Crippen LogP contribution in [-0.2, 0) is 10.2 Å². The molecule has 25 heavy (non-hydrogen) atoms. The Hall–Kier alpha value is -1.94. The molecule has 130 valence electrons. The van der Waals surface area contributed by atoms with Gasteiger partial charge in [-0.3, -0.25) is 4.79 Å². The van der Waals surface area contributed by atoms with Gasteiger partial charge in [0, 0.05) is 10.4 Å². The van der Waals surface area contributed by atoms with E-state index in [1.807, 2.05) is 24.3 Å². The Labute approximate surface area is 157 Å². The number of hydrogen-bond acceptors (Lipinski definition) is 2. The Morgan fingerprint density at radius 1 is 1.20 bits per heavy atom. The van der Waals surface area contributed by atoms with E-state index >= 15 is 0 Å². The van der Waals surface area contributed by atoms with E-state index in [-0.39, 0.29) is 17.2 Å². The van der Waals surface area contributed by atoms with Crippen molar-refractivity contribution in [3.63, 3.8) is 0 Å². The zero-order valence-electron chi connectivity index (χ0n) is 14.8. The van der Waals surface area contributed by atoms with Gasteiger partial charge in [-0.25, -0.2) is 5.43 Å². The summed E-state index contributed by atoms with van der Waals surface area (Å²) in [6, 6.07) is 16.4. The van der Waals surface area contributed by atoms with Crippen molar-refractivity contribution < 1.29 is 4.79 Å². The molecule has 0 bridgehead atoms. The van der Waals surface area contributed by atoms with Gasteiger partial charge in [0.05, 0.1) is 6.21 Å². The number of rotatable bonds is 4. The van der Waals surface area contributed by atoms with Crippen molar-refractivity contribution in [3.05, 3.63) is 69.7 Å². The van der Waals surface area contributed by atoms with Crippen molar-refractivity contribution in [2.24, 2.45) is 11.0 Å². The molecular weight excluding hydrogens is 376 g/mol. The average Bonchev–Trinajstić information content (AvgIpc) is 3.35. The molecule has 0 heterocycles. The Kier molecular flexibility index (Phi) is 5.09. The molecule has 1 fully saturated rings. The third-order valence-corrected chi connectivity index (χ3v) is 5.06. The number of hydrazone groups is 1. The van der Waals surface area contributed by atoms with Crippen LogP contribution in [0.15, 0.2) is 58.1 Å². The second-order valence-corrected chi connectivity index (χ2v) is 8.53. The fraction of sp³-hybridized carbons (Fsp3) is 0.333. The van der Waals surface area contributed by atoms with Gasteiger partial charge < -0.3 is 0 Å². The Morgan fingerprint density at radius 3 is 2.56 bits per heavy atom. The molecule has 1 amide bonds. The minimum Gasteiger partial charge on any atom is -0.273 e. The molecule has 0 spiro atoms. The molecule has 1 N–H and O–H groups in total. The minimum absolute atomic E-state index is 0.00357. The molecule has 1 saturated carbocycles. The summed E-state index contributed by atoms with van der Waals surface area (Å²) in [4.78, 5) is 12.2. The Morgan fingerprint density at radius 2 is 1.92 bits per heavy atom. The van der Waals surface area contributed by atoms with E-state index < -0.39 is 0 Å². The van der Waals surface area contributed by atoms with E-state index in [4.69, 9.17) is 0 Å². The topological polar surface area (TPSA) is 41.5 Å². The van der Waals surface area contributed by atoms with E-state index in [0.717, 1.165) is 16.5 Å². The highest BCUT2D eigenvalue weighted by molar-refractivity contribution is 9.10. The maximum Gasteiger partial charge on any atom is 0.243 e. The molecule has 0 aliphatic heterocycles. The standard InChI is InChI=1S/C21H23BrN2O/c1-21(2,3)16-9-7-15(8-10-16)18-12-19(18)20(25)24-23-13-14-5-4-6-17(22)11-14/h4-11,13,18-19H,12H2,1-3H3,(H,24,25)/b23-13-/t18-,19-/m0/s1. The number of amides is 1. The van der Waals surface area contributed by atoms with Crippen molar-refractivity contribution in [2.45, 2.75) is 38.5 Å². The lowest BCUT2D eigenvalue weighted by Gasteiger charge is -2.19. The number of hydrogen-bond donors (Lipinski definition) is 1. The number of nitrogens with zero attached hydrogens (tertiary/aromatic N) is 1. The van der Waals surface area contributed by atoms with Crippen LogP contribution in [0.1, 0.15) is 49.8 Å². The van der Waals surface area contributed by atoms with Gasteiger partial charge in [-0.05, 0) is 46.6 Å². The van der Waals surface area contributed by atoms with E-state index in [1.165, 1.54) is 11.1 Å². The molecule has 2 aromatic carbocycles. The van der Waals surface area contributed by atoms with E-state index in [9.17, 15) is 4.79 Å². The van der Waals surface area contributed by atoms with Gasteiger partial charge in [-0.1, -0.05) is 73.1 Å². The molecule has 1 aliphatic carbocycles. The van der Waals surface area contributed by atoms with Gasteiger partial charge >= 0.3 is 0 Å². The summed E-state index contributed by atoms with van der Waals surface area (Å²) in [6.07, 6.45) is 2.56. The molecule has 1 aliphatic rings. The zero-order valence-corrected chi connectivity index (χ0v) is 16.4. The highest BCUT2D eigenvalue weighted by Gasteiger charge is 2.43. The summed E-state index contributed by atoms with van der Waals surface area (Å²) < 4.78 is 0.990. The number of benzene rings is 2. The number of carbonyl (C=O) groups excluding carboxylic acids is 1. The molecule has 3 nitrogen and oxygen atoms in total. The first kappa shape index (κ1) is 17.9. The number of halogens is 1. The monoisotopic (exact) mass is 398 g/mol. The summed E-state index contributed by atoms with van der Waals surface area (Å²) in [5, 5.41) is 4.07. The minimum atomic E-state index is -0.00357. The highest BCUT2D eigenvalue weighted by Crippen LogP contribution is 2.47. The van der Waals surface area contributed by atoms with Gasteiger partial charge in [0.1, 0.15) is 0 Å². The van der Waals surface area contributed by atoms with Gasteiger partial charge in [-0.15, -0.1) is 0 Å². The molecule has 4 heteroatoms. The van der Waals surface area contributed by atoms with Gasteiger partial charge in [0.15, 0.2) is 0 Å². The largest absolute Gasteiger partial charge is 0.273 e. The first-order valence-corrected chi connectivity index (χ1v) is 9.33. The summed E-state index contributed by atoms with van der Waals surface area (Å²) in [7, 11) is 0. The second-order valence-electron chi connectivity index (χ2n) is 7.61. The summed E-state index contributed by atoms with van der Waals surface area (Å²) in [5.74, 6) is 0.339. The van der Waals surface area contributed by atoms with Crippen LogP contribution in [0.5, 0.6) is 0 Å². The van der Waals surface area contributed by atoms with Gasteiger partial charge in [0.2, 0.25) is 5.91 Å². The normalized spacial score (nSPS) is 19.8. The SMILES string of the molecule is CC(C)(C)c1ccc([C@@H]2C[C@@H]2C(=O)N/N=C\c2cccc(Br)c2)cc1. The Bertz CT molecular complexity index is 790. The van der Waals surface area contributed by atoms with Gasteiger partial charge in [0.25, 0.3) is 0 Å². The summed E-state index contributed by atoms with van der Waals surface area (Å²) in [5.41, 5.74) is 6.32. The number of nitrogens with one attached hydrogen (secondary N) is 1. The lowest BCUT2D eigenvalue weighted by atomic mass is 9.86. The molecule has 2 aromatic rings. The molecule has 0 radical (unpaired) electrons. The lowest BCUT2D eigenvalue weighted by Crippen LogP contribution is -2.20. The van der Waals surface area contributed by atoms with E-state index in [2.05, 4.69) is 71.5 Å². The van der Waals surface area contributed by atoms with Crippen LogP contribution < -0.4 is 5.43 Å². The molecule has 2 atom stereocenters. The maximum atomic E-state index is 12.2. The summed E-state index contributed by atoms with van der Waals surface area (Å²) in [6.45, 7) is 6.62. The fourth-order valence-electron chi connectivity index (χ4n) is 2.92. The Balaban J connectivity index is 1.55. The van der Waals surface area contributed by atoms with Crippen molar-refractivity contribution in [3.8, 4) is 0 Å². The quantitative estimate of drug-likeness (QED) is 0.571. The zero-order chi connectivity index (χ0) is 18.0. The first-order chi connectivity index (χ1) is 11.8. The maximum absolute atomic E-state index is 12.2. The molecular formula is C21H23BrN2O. The third kappa shape index (κ3) is 4.57. The molecule has 3 rings (SSSR count). The fourth-order valence-corrected chi connectivity index (χ4v) is 3.34. The first-order valence-electron chi connectivity index (χ1n) is 8.53. The van der Waals surface area contributed by atoms with Crippen LogP contribution >= 0.6 is 15.9 Å². The van der Waals surface area contributed by atoms with Crippen molar-refractivity contribution in [2.75, 3.05) is 0 Å². The second kappa shape index (κ2) is 7.12.